The molecule has 1 unspecified atom stereocenters. The Kier molecular flexibility index (Phi) is 7.16. The minimum absolute atomic E-state index is 0.0439. The van der Waals surface area contributed by atoms with E-state index in [0.717, 1.165) is 25.7 Å². The maximum atomic E-state index is 14.4. The Hall–Kier alpha value is -1.49. The van der Waals surface area contributed by atoms with Gasteiger partial charge in [-0.2, -0.15) is 4.39 Å². The number of carbonyl (C=O) groups excluding carboxylic acids is 1. The molecule has 2 rings (SSSR count). The van der Waals surface area contributed by atoms with E-state index in [1.165, 1.54) is 18.9 Å². The molecule has 1 fully saturated rings. The SMILES string of the molecule is CCCC1CCC(c2ccc(OCCC(O)C=O)c(F)c2F)CC1. The Morgan fingerprint density at radius 3 is 2.58 bits per heavy atom. The van der Waals surface area contributed by atoms with Crippen molar-refractivity contribution in [1.82, 2.24) is 0 Å². The van der Waals surface area contributed by atoms with Crippen LogP contribution in [-0.2, 0) is 4.79 Å². The van der Waals surface area contributed by atoms with Crippen LogP contribution < -0.4 is 4.74 Å². The second kappa shape index (κ2) is 9.11. The van der Waals surface area contributed by atoms with Crippen LogP contribution in [0.3, 0.4) is 0 Å². The van der Waals surface area contributed by atoms with Crippen molar-refractivity contribution >= 4 is 6.29 Å². The fraction of sp³-hybridized carbons (Fsp3) is 0.632. The molecular formula is C19H26F2O3. The zero-order valence-corrected chi connectivity index (χ0v) is 14.1. The molecule has 0 bridgehead atoms. The maximum Gasteiger partial charge on any atom is 0.200 e. The van der Waals surface area contributed by atoms with Gasteiger partial charge in [0, 0.05) is 6.42 Å². The summed E-state index contributed by atoms with van der Waals surface area (Å²) in [6, 6.07) is 3.05. The summed E-state index contributed by atoms with van der Waals surface area (Å²) in [7, 11) is 0. The minimum atomic E-state index is -1.14. The first-order valence-electron chi connectivity index (χ1n) is 8.80. The molecule has 0 saturated heterocycles. The van der Waals surface area contributed by atoms with Crippen molar-refractivity contribution in [2.24, 2.45) is 5.92 Å². The summed E-state index contributed by atoms with van der Waals surface area (Å²) in [6.07, 6.45) is 5.61. The molecule has 0 spiro atoms. The summed E-state index contributed by atoms with van der Waals surface area (Å²) < 4.78 is 33.7. The smallest absolute Gasteiger partial charge is 0.200 e. The topological polar surface area (TPSA) is 46.5 Å². The van der Waals surface area contributed by atoms with Gasteiger partial charge in [-0.1, -0.05) is 25.8 Å². The van der Waals surface area contributed by atoms with E-state index in [1.807, 2.05) is 0 Å². The van der Waals surface area contributed by atoms with Gasteiger partial charge in [-0.05, 0) is 49.1 Å². The number of ether oxygens (including phenoxy) is 1. The Balaban J connectivity index is 1.98. The van der Waals surface area contributed by atoms with E-state index in [4.69, 9.17) is 9.84 Å². The second-order valence-electron chi connectivity index (χ2n) is 6.63. The maximum absolute atomic E-state index is 14.4. The number of hydrogen-bond donors (Lipinski definition) is 1. The predicted octanol–water partition coefficient (Wildman–Crippen LogP) is 4.37. The lowest BCUT2D eigenvalue weighted by Gasteiger charge is -2.29. The lowest BCUT2D eigenvalue weighted by molar-refractivity contribution is -0.115. The van der Waals surface area contributed by atoms with Crippen LogP contribution >= 0.6 is 0 Å². The van der Waals surface area contributed by atoms with Crippen LogP contribution in [0.15, 0.2) is 12.1 Å². The molecule has 1 atom stereocenters. The van der Waals surface area contributed by atoms with Crippen LogP contribution in [0.4, 0.5) is 8.78 Å². The van der Waals surface area contributed by atoms with Gasteiger partial charge in [0.1, 0.15) is 12.4 Å². The molecule has 1 aromatic rings. The third-order valence-electron chi connectivity index (χ3n) is 4.89. The normalized spacial score (nSPS) is 22.2. The minimum Gasteiger partial charge on any atom is -0.490 e. The summed E-state index contributed by atoms with van der Waals surface area (Å²) in [4.78, 5) is 10.3. The zero-order valence-electron chi connectivity index (χ0n) is 14.1. The van der Waals surface area contributed by atoms with E-state index in [-0.39, 0.29) is 24.7 Å². The molecule has 1 N–H and O–H groups in total. The highest BCUT2D eigenvalue weighted by molar-refractivity contribution is 5.55. The van der Waals surface area contributed by atoms with Crippen LogP contribution in [0.25, 0.3) is 0 Å². The molecular weight excluding hydrogens is 314 g/mol. The van der Waals surface area contributed by atoms with Crippen LogP contribution in [0, 0.1) is 17.6 Å². The zero-order chi connectivity index (χ0) is 17.5. The van der Waals surface area contributed by atoms with Crippen molar-refractivity contribution in [3.8, 4) is 5.75 Å². The van der Waals surface area contributed by atoms with Crippen molar-refractivity contribution in [1.29, 1.82) is 0 Å². The fourth-order valence-electron chi connectivity index (χ4n) is 3.50. The molecule has 0 aromatic heterocycles. The summed E-state index contributed by atoms with van der Waals surface area (Å²) in [5.41, 5.74) is 0.433. The summed E-state index contributed by atoms with van der Waals surface area (Å²) in [5, 5.41) is 9.12. The number of carbonyl (C=O) groups is 1. The standard InChI is InChI=1S/C19H26F2O3/c1-2-3-13-4-6-14(7-5-13)16-8-9-17(19(21)18(16)20)24-11-10-15(23)12-22/h8-9,12-15,23H,2-7,10-11H2,1H3. The second-order valence-corrected chi connectivity index (χ2v) is 6.63. The molecule has 1 aromatic carbocycles. The van der Waals surface area contributed by atoms with Gasteiger partial charge >= 0.3 is 0 Å². The average molecular weight is 340 g/mol. The fourth-order valence-corrected chi connectivity index (χ4v) is 3.50. The first-order valence-corrected chi connectivity index (χ1v) is 8.80. The highest BCUT2D eigenvalue weighted by Gasteiger charge is 2.26. The number of aliphatic hydroxyl groups is 1. The van der Waals surface area contributed by atoms with E-state index in [2.05, 4.69) is 6.92 Å². The molecule has 0 radical (unpaired) electrons. The van der Waals surface area contributed by atoms with Gasteiger partial charge in [0.05, 0.1) is 6.61 Å². The Bertz CT molecular complexity index is 540. The molecule has 5 heteroatoms. The van der Waals surface area contributed by atoms with E-state index < -0.39 is 17.7 Å². The quantitative estimate of drug-likeness (QED) is 0.715. The van der Waals surface area contributed by atoms with Crippen molar-refractivity contribution in [3.05, 3.63) is 29.3 Å². The molecule has 0 amide bonds. The first-order chi connectivity index (χ1) is 11.6. The van der Waals surface area contributed by atoms with Crippen molar-refractivity contribution in [2.45, 2.75) is 63.9 Å². The van der Waals surface area contributed by atoms with Gasteiger partial charge in [0.2, 0.25) is 5.82 Å². The monoisotopic (exact) mass is 340 g/mol. The highest BCUT2D eigenvalue weighted by atomic mass is 19.2. The van der Waals surface area contributed by atoms with E-state index in [1.54, 1.807) is 6.07 Å². The number of benzene rings is 1. The summed E-state index contributed by atoms with van der Waals surface area (Å²) >= 11 is 0. The van der Waals surface area contributed by atoms with Gasteiger partial charge in [0.15, 0.2) is 11.6 Å². The van der Waals surface area contributed by atoms with Crippen LogP contribution in [-0.4, -0.2) is 24.1 Å². The number of aliphatic hydroxyl groups excluding tert-OH is 1. The van der Waals surface area contributed by atoms with Crippen molar-refractivity contribution < 1.29 is 23.4 Å². The number of hydrogen-bond acceptors (Lipinski definition) is 3. The lowest BCUT2D eigenvalue weighted by atomic mass is 9.77. The number of aldehydes is 1. The van der Waals surface area contributed by atoms with Gasteiger partial charge < -0.3 is 14.6 Å². The lowest BCUT2D eigenvalue weighted by Crippen LogP contribution is -2.16. The van der Waals surface area contributed by atoms with Gasteiger partial charge in [-0.15, -0.1) is 0 Å². The van der Waals surface area contributed by atoms with Gasteiger partial charge in [-0.25, -0.2) is 4.39 Å². The van der Waals surface area contributed by atoms with E-state index in [9.17, 15) is 13.6 Å². The number of halogens is 2. The third kappa shape index (κ3) is 4.76. The first kappa shape index (κ1) is 18.8. The molecule has 24 heavy (non-hydrogen) atoms. The highest BCUT2D eigenvalue weighted by Crippen LogP contribution is 2.39. The average Bonchev–Trinajstić information content (AvgIpc) is 2.60. The van der Waals surface area contributed by atoms with Crippen molar-refractivity contribution in [3.63, 3.8) is 0 Å². The van der Waals surface area contributed by atoms with E-state index in [0.29, 0.717) is 17.8 Å². The van der Waals surface area contributed by atoms with Gasteiger partial charge in [-0.3, -0.25) is 0 Å². The van der Waals surface area contributed by atoms with Crippen LogP contribution in [0.1, 0.15) is 63.4 Å². The van der Waals surface area contributed by atoms with Gasteiger partial charge in [0.25, 0.3) is 0 Å². The van der Waals surface area contributed by atoms with Crippen molar-refractivity contribution in [2.75, 3.05) is 6.61 Å². The molecule has 0 aliphatic heterocycles. The summed E-state index contributed by atoms with van der Waals surface area (Å²) in [6.45, 7) is 2.13. The molecule has 1 aliphatic rings. The molecule has 1 saturated carbocycles. The molecule has 0 heterocycles. The third-order valence-corrected chi connectivity index (χ3v) is 4.89. The van der Waals surface area contributed by atoms with Crippen LogP contribution in [0.5, 0.6) is 5.75 Å². The predicted molar refractivity (Wildman–Crippen MR) is 88.1 cm³/mol. The van der Waals surface area contributed by atoms with Crippen LogP contribution in [0.2, 0.25) is 0 Å². The van der Waals surface area contributed by atoms with E-state index >= 15 is 0 Å². The molecule has 3 nitrogen and oxygen atoms in total. The summed E-state index contributed by atoms with van der Waals surface area (Å²) in [5.74, 6) is -1.20. The Morgan fingerprint density at radius 2 is 1.96 bits per heavy atom. The number of rotatable bonds is 8. The Morgan fingerprint density at radius 1 is 1.25 bits per heavy atom. The largest absolute Gasteiger partial charge is 0.490 e. The molecule has 134 valence electrons. The molecule has 1 aliphatic carbocycles. The Labute approximate surface area is 142 Å².